The smallest absolute Gasteiger partial charge is 0.291 e. The number of nitrogens with one attached hydrogen (secondary N) is 2. The molecule has 41 heavy (non-hydrogen) atoms. The molecule has 3 aromatic heterocycles. The van der Waals surface area contributed by atoms with Gasteiger partial charge in [-0.25, -0.2) is 9.37 Å². The highest BCUT2D eigenvalue weighted by atomic mass is 19.1. The number of halogens is 1. The van der Waals surface area contributed by atoms with Crippen LogP contribution in [0, 0.1) is 12.7 Å². The van der Waals surface area contributed by atoms with Gasteiger partial charge in [-0.05, 0) is 68.1 Å². The number of hydrogen-bond donors (Lipinski definition) is 3. The summed E-state index contributed by atoms with van der Waals surface area (Å²) in [7, 11) is 0. The number of nitrogens with zero attached hydrogens (tertiary/aromatic N) is 3. The molecule has 1 saturated carbocycles. The van der Waals surface area contributed by atoms with Crippen LogP contribution < -0.4 is 10.2 Å². The van der Waals surface area contributed by atoms with Crippen molar-refractivity contribution in [2.24, 2.45) is 0 Å². The summed E-state index contributed by atoms with van der Waals surface area (Å²) in [6.45, 7) is 2.20. The second-order valence-corrected chi connectivity index (χ2v) is 10.6. The van der Waals surface area contributed by atoms with Crippen molar-refractivity contribution in [2.45, 2.75) is 38.3 Å². The number of aliphatic hydroxyl groups is 1. The molecule has 206 valence electrons. The van der Waals surface area contributed by atoms with E-state index < -0.39 is 18.0 Å². The lowest BCUT2D eigenvalue weighted by atomic mass is 10.1. The molecule has 3 N–H and O–H groups in total. The van der Waals surface area contributed by atoms with E-state index in [9.17, 15) is 14.3 Å². The van der Waals surface area contributed by atoms with Gasteiger partial charge in [-0.1, -0.05) is 30.3 Å². The summed E-state index contributed by atoms with van der Waals surface area (Å²) in [5.74, 6) is 0.0951. The topological polar surface area (TPSA) is 107 Å². The molecule has 1 amide bonds. The van der Waals surface area contributed by atoms with Crippen LogP contribution in [0.1, 0.15) is 58.1 Å². The first-order valence-electron chi connectivity index (χ1n) is 13.7. The van der Waals surface area contributed by atoms with Crippen molar-refractivity contribution in [3.05, 3.63) is 107 Å². The van der Waals surface area contributed by atoms with Crippen molar-refractivity contribution in [2.75, 3.05) is 16.8 Å². The Labute approximate surface area is 235 Å². The Balaban J connectivity index is 1.19. The van der Waals surface area contributed by atoms with Crippen LogP contribution in [0.2, 0.25) is 0 Å². The van der Waals surface area contributed by atoms with Gasteiger partial charge in [0, 0.05) is 35.3 Å². The average molecular weight is 550 g/mol. The fourth-order valence-electron chi connectivity index (χ4n) is 5.53. The van der Waals surface area contributed by atoms with Gasteiger partial charge in [0.2, 0.25) is 0 Å². The minimum atomic E-state index is -1.01. The number of aryl methyl sites for hydroxylation is 1. The minimum absolute atomic E-state index is 0.0994. The molecule has 2 aliphatic rings. The van der Waals surface area contributed by atoms with Gasteiger partial charge in [0.05, 0.1) is 28.5 Å². The second-order valence-electron chi connectivity index (χ2n) is 10.6. The van der Waals surface area contributed by atoms with Crippen LogP contribution in [0.5, 0.6) is 0 Å². The third kappa shape index (κ3) is 4.58. The molecule has 1 fully saturated rings. The van der Waals surface area contributed by atoms with Crippen LogP contribution in [-0.2, 0) is 6.42 Å². The normalized spacial score (nSPS) is 15.1. The summed E-state index contributed by atoms with van der Waals surface area (Å²) < 4.78 is 20.4. The van der Waals surface area contributed by atoms with E-state index in [1.165, 1.54) is 6.07 Å². The monoisotopic (exact) mass is 549 g/mol. The highest BCUT2D eigenvalue weighted by Crippen LogP contribution is 2.44. The molecule has 0 radical (unpaired) electrons. The minimum Gasteiger partial charge on any atom is -0.451 e. The lowest BCUT2D eigenvalue weighted by molar-refractivity contribution is 0.0996. The number of rotatable bonds is 6. The molecule has 0 spiro atoms. The van der Waals surface area contributed by atoms with E-state index in [1.807, 2.05) is 53.6 Å². The molecule has 4 heterocycles. The number of anilines is 2. The van der Waals surface area contributed by atoms with Gasteiger partial charge >= 0.3 is 0 Å². The number of aromatic amines is 1. The number of H-pyrrole nitrogens is 1. The number of pyridine rings is 1. The average Bonchev–Trinajstić information content (AvgIpc) is 3.59. The lowest BCUT2D eigenvalue weighted by Gasteiger charge is -2.30. The Bertz CT molecular complexity index is 1750. The maximum atomic E-state index is 14.3. The zero-order valence-electron chi connectivity index (χ0n) is 22.4. The maximum Gasteiger partial charge on any atom is 0.291 e. The van der Waals surface area contributed by atoms with Gasteiger partial charge in [0.15, 0.2) is 12.0 Å². The van der Waals surface area contributed by atoms with Crippen molar-refractivity contribution in [3.63, 3.8) is 0 Å². The summed E-state index contributed by atoms with van der Waals surface area (Å²) in [5.41, 5.74) is 6.39. The van der Waals surface area contributed by atoms with Crippen LogP contribution >= 0.6 is 0 Å². The summed E-state index contributed by atoms with van der Waals surface area (Å²) in [6, 6.07) is 19.6. The quantitative estimate of drug-likeness (QED) is 0.227. The van der Waals surface area contributed by atoms with Gasteiger partial charge in [0.1, 0.15) is 11.6 Å². The largest absolute Gasteiger partial charge is 0.451 e. The summed E-state index contributed by atoms with van der Waals surface area (Å²) >= 11 is 0. The number of carbonyl (C=O) groups is 1. The fourth-order valence-corrected chi connectivity index (χ4v) is 5.53. The van der Waals surface area contributed by atoms with E-state index >= 15 is 0 Å². The molecule has 1 atom stereocenters. The number of aromatic nitrogens is 3. The van der Waals surface area contributed by atoms with Gasteiger partial charge in [-0.15, -0.1) is 0 Å². The number of fused-ring (bicyclic) bond motifs is 3. The molecule has 9 heteroatoms. The van der Waals surface area contributed by atoms with E-state index in [0.29, 0.717) is 35.9 Å². The standard InChI is InChI=1S/C32H28FN5O3/c1-18-6-4-8-23(33)28(18)36-31(39)27-16-20-14-15-38(26-11-3-2-7-21(26)30(20)41-27)32(40)25-10-5-9-24(35-25)22-17-34-37-29(22)19-12-13-19/h2-11,16-17,19,32,40H,12-15H2,1H3,(H,34,37)(H,36,39). The third-order valence-electron chi connectivity index (χ3n) is 7.81. The predicted octanol–water partition coefficient (Wildman–Crippen LogP) is 6.36. The molecule has 0 bridgehead atoms. The number of furan rings is 1. The zero-order chi connectivity index (χ0) is 28.1. The molecule has 1 unspecified atom stereocenters. The van der Waals surface area contributed by atoms with Crippen LogP contribution in [0.3, 0.4) is 0 Å². The Morgan fingerprint density at radius 2 is 1.95 bits per heavy atom. The van der Waals surface area contributed by atoms with Gasteiger partial charge < -0.3 is 19.7 Å². The number of para-hydroxylation sites is 2. The molecule has 0 saturated heterocycles. The van der Waals surface area contributed by atoms with E-state index in [-0.39, 0.29) is 11.4 Å². The fraction of sp³-hybridized carbons (Fsp3) is 0.219. The van der Waals surface area contributed by atoms with Crippen molar-refractivity contribution in [3.8, 4) is 22.6 Å². The first-order chi connectivity index (χ1) is 20.0. The van der Waals surface area contributed by atoms with E-state index in [4.69, 9.17) is 9.40 Å². The van der Waals surface area contributed by atoms with Crippen molar-refractivity contribution >= 4 is 17.3 Å². The number of amides is 1. The van der Waals surface area contributed by atoms with Crippen LogP contribution in [-0.4, -0.2) is 32.7 Å². The van der Waals surface area contributed by atoms with Crippen molar-refractivity contribution < 1.29 is 18.7 Å². The molecule has 8 nitrogen and oxygen atoms in total. The molecule has 1 aliphatic heterocycles. The Morgan fingerprint density at radius 1 is 1.12 bits per heavy atom. The molecule has 5 aromatic rings. The van der Waals surface area contributed by atoms with Crippen LogP contribution in [0.4, 0.5) is 15.8 Å². The Morgan fingerprint density at radius 3 is 2.78 bits per heavy atom. The van der Waals surface area contributed by atoms with Gasteiger partial charge in [0.25, 0.3) is 5.91 Å². The zero-order valence-corrected chi connectivity index (χ0v) is 22.4. The number of carbonyl (C=O) groups excluding carboxylic acids is 1. The lowest BCUT2D eigenvalue weighted by Crippen LogP contribution is -2.31. The molecular formula is C32H28FN5O3. The summed E-state index contributed by atoms with van der Waals surface area (Å²) in [6.07, 6.45) is 3.63. The van der Waals surface area contributed by atoms with Crippen LogP contribution in [0.25, 0.3) is 22.6 Å². The Hall–Kier alpha value is -4.76. The van der Waals surface area contributed by atoms with Crippen LogP contribution in [0.15, 0.2) is 77.3 Å². The van der Waals surface area contributed by atoms with E-state index in [0.717, 1.165) is 46.6 Å². The summed E-state index contributed by atoms with van der Waals surface area (Å²) in [5, 5.41) is 21.7. The number of hydrogen-bond acceptors (Lipinski definition) is 6. The van der Waals surface area contributed by atoms with E-state index in [1.54, 1.807) is 25.1 Å². The first-order valence-corrected chi connectivity index (χ1v) is 13.7. The molecule has 2 aromatic carbocycles. The van der Waals surface area contributed by atoms with Gasteiger partial charge in [-0.2, -0.15) is 5.10 Å². The van der Waals surface area contributed by atoms with E-state index in [2.05, 4.69) is 15.5 Å². The third-order valence-corrected chi connectivity index (χ3v) is 7.81. The SMILES string of the molecule is Cc1cccc(F)c1NC(=O)c1cc2c(o1)-c1ccccc1N(C(O)c1cccc(-c3c[nH]nc3C3CC3)n1)CC2. The van der Waals surface area contributed by atoms with Crippen molar-refractivity contribution in [1.82, 2.24) is 15.2 Å². The molecule has 1 aliphatic carbocycles. The summed E-state index contributed by atoms with van der Waals surface area (Å²) in [4.78, 5) is 19.8. The number of benzene rings is 2. The maximum absolute atomic E-state index is 14.3. The second kappa shape index (κ2) is 10.0. The molecular weight excluding hydrogens is 521 g/mol. The first kappa shape index (κ1) is 25.2. The molecule has 7 rings (SSSR count). The highest BCUT2D eigenvalue weighted by molar-refractivity contribution is 6.03. The van der Waals surface area contributed by atoms with Gasteiger partial charge in [-0.3, -0.25) is 9.89 Å². The predicted molar refractivity (Wildman–Crippen MR) is 153 cm³/mol. The number of aliphatic hydroxyl groups excluding tert-OH is 1. The highest BCUT2D eigenvalue weighted by Gasteiger charge is 2.31. The Kier molecular flexibility index (Phi) is 6.16. The van der Waals surface area contributed by atoms with Crippen molar-refractivity contribution in [1.29, 1.82) is 0 Å².